The summed E-state index contributed by atoms with van der Waals surface area (Å²) in [5, 5.41) is 6.38. The minimum atomic E-state index is 0.210. The zero-order chi connectivity index (χ0) is 13.3. The zero-order valence-corrected chi connectivity index (χ0v) is 11.5. The van der Waals surface area contributed by atoms with E-state index in [1.165, 1.54) is 18.4 Å². The first-order chi connectivity index (χ1) is 9.34. The number of carbonyl (C=O) groups excluding carboxylic acids is 1. The summed E-state index contributed by atoms with van der Waals surface area (Å²) >= 11 is 0. The molecule has 2 N–H and O–H groups in total. The van der Waals surface area contributed by atoms with E-state index < -0.39 is 0 Å². The number of aryl methyl sites for hydroxylation is 1. The Morgan fingerprint density at radius 1 is 1.32 bits per heavy atom. The maximum absolute atomic E-state index is 11.8. The Hall–Kier alpha value is -1.35. The largest absolute Gasteiger partial charge is 0.356 e. The molecule has 104 valence electrons. The van der Waals surface area contributed by atoms with Gasteiger partial charge in [0.15, 0.2) is 0 Å². The second-order valence-electron chi connectivity index (χ2n) is 5.36. The summed E-state index contributed by atoms with van der Waals surface area (Å²) in [5.41, 5.74) is 1.34. The number of amides is 1. The van der Waals surface area contributed by atoms with Gasteiger partial charge in [-0.25, -0.2) is 0 Å². The molecule has 3 heteroatoms. The van der Waals surface area contributed by atoms with E-state index in [4.69, 9.17) is 0 Å². The van der Waals surface area contributed by atoms with Gasteiger partial charge >= 0.3 is 0 Å². The van der Waals surface area contributed by atoms with E-state index in [9.17, 15) is 4.79 Å². The molecule has 1 aromatic carbocycles. The van der Waals surface area contributed by atoms with E-state index in [0.29, 0.717) is 12.3 Å². The maximum atomic E-state index is 11.8. The summed E-state index contributed by atoms with van der Waals surface area (Å²) in [4.78, 5) is 11.8. The van der Waals surface area contributed by atoms with Gasteiger partial charge in [-0.15, -0.1) is 0 Å². The highest BCUT2D eigenvalue weighted by Gasteiger charge is 2.16. The standard InChI is InChI=1S/C16H24N2O/c19-16(12-15-9-4-10-17-13-15)18-11-5-8-14-6-2-1-3-7-14/h1-3,6-7,15,17H,4-5,8-13H2,(H,18,19). The SMILES string of the molecule is O=C(CC1CCCNC1)NCCCc1ccccc1. The van der Waals surface area contributed by atoms with Gasteiger partial charge in [0.1, 0.15) is 0 Å². The molecule has 1 heterocycles. The first-order valence-electron chi connectivity index (χ1n) is 7.36. The van der Waals surface area contributed by atoms with E-state index in [1.807, 2.05) is 6.07 Å². The third kappa shape index (κ3) is 5.43. The molecule has 0 aliphatic carbocycles. The second-order valence-corrected chi connectivity index (χ2v) is 5.36. The van der Waals surface area contributed by atoms with Crippen molar-refractivity contribution in [2.75, 3.05) is 19.6 Å². The van der Waals surface area contributed by atoms with Crippen LogP contribution in [0.25, 0.3) is 0 Å². The smallest absolute Gasteiger partial charge is 0.220 e. The molecule has 19 heavy (non-hydrogen) atoms. The van der Waals surface area contributed by atoms with E-state index >= 15 is 0 Å². The molecule has 0 radical (unpaired) electrons. The molecule has 0 spiro atoms. The van der Waals surface area contributed by atoms with Crippen LogP contribution < -0.4 is 10.6 Å². The first kappa shape index (κ1) is 14.1. The Kier molecular flexibility index (Phi) is 5.89. The van der Waals surface area contributed by atoms with Crippen molar-refractivity contribution >= 4 is 5.91 Å². The first-order valence-corrected chi connectivity index (χ1v) is 7.36. The average Bonchev–Trinajstić information content (AvgIpc) is 2.46. The molecular weight excluding hydrogens is 236 g/mol. The molecule has 1 aliphatic rings. The predicted molar refractivity (Wildman–Crippen MR) is 78.0 cm³/mol. The highest BCUT2D eigenvalue weighted by Crippen LogP contribution is 2.13. The van der Waals surface area contributed by atoms with Crippen LogP contribution in [0.3, 0.4) is 0 Å². The van der Waals surface area contributed by atoms with Crippen molar-refractivity contribution in [1.29, 1.82) is 0 Å². The summed E-state index contributed by atoms with van der Waals surface area (Å²) in [7, 11) is 0. The minimum Gasteiger partial charge on any atom is -0.356 e. The molecule has 1 fully saturated rings. The highest BCUT2D eigenvalue weighted by molar-refractivity contribution is 5.76. The molecule has 1 atom stereocenters. The molecular formula is C16H24N2O. The normalized spacial score (nSPS) is 19.1. The predicted octanol–water partition coefficient (Wildman–Crippen LogP) is 2.13. The Morgan fingerprint density at radius 2 is 2.16 bits per heavy atom. The van der Waals surface area contributed by atoms with Crippen molar-refractivity contribution in [3.8, 4) is 0 Å². The van der Waals surface area contributed by atoms with Gasteiger partial charge in [-0.2, -0.15) is 0 Å². The van der Waals surface area contributed by atoms with Gasteiger partial charge < -0.3 is 10.6 Å². The van der Waals surface area contributed by atoms with Gasteiger partial charge in [-0.3, -0.25) is 4.79 Å². The number of hydrogen-bond acceptors (Lipinski definition) is 2. The van der Waals surface area contributed by atoms with Crippen LogP contribution in [0.4, 0.5) is 0 Å². The van der Waals surface area contributed by atoms with Crippen molar-refractivity contribution in [3.05, 3.63) is 35.9 Å². The Labute approximate surface area is 115 Å². The third-order valence-corrected chi connectivity index (χ3v) is 3.68. The fourth-order valence-corrected chi connectivity index (χ4v) is 2.60. The third-order valence-electron chi connectivity index (χ3n) is 3.68. The quantitative estimate of drug-likeness (QED) is 0.769. The van der Waals surface area contributed by atoms with E-state index in [0.717, 1.165) is 32.5 Å². The summed E-state index contributed by atoms with van der Waals surface area (Å²) in [6.07, 6.45) is 5.11. The van der Waals surface area contributed by atoms with Crippen LogP contribution in [0.15, 0.2) is 30.3 Å². The molecule has 0 aromatic heterocycles. The van der Waals surface area contributed by atoms with Crippen molar-refractivity contribution in [1.82, 2.24) is 10.6 Å². The van der Waals surface area contributed by atoms with Gasteiger partial charge in [0, 0.05) is 13.0 Å². The van der Waals surface area contributed by atoms with Crippen molar-refractivity contribution in [3.63, 3.8) is 0 Å². The molecule has 1 aromatic rings. The number of hydrogen-bond donors (Lipinski definition) is 2. The van der Waals surface area contributed by atoms with E-state index in [1.54, 1.807) is 0 Å². The van der Waals surface area contributed by atoms with Crippen LogP contribution in [-0.2, 0) is 11.2 Å². The van der Waals surface area contributed by atoms with Gasteiger partial charge in [-0.1, -0.05) is 30.3 Å². The van der Waals surface area contributed by atoms with Gasteiger partial charge in [0.2, 0.25) is 5.91 Å². The van der Waals surface area contributed by atoms with Crippen molar-refractivity contribution < 1.29 is 4.79 Å². The lowest BCUT2D eigenvalue weighted by atomic mass is 9.96. The van der Waals surface area contributed by atoms with Crippen LogP contribution >= 0.6 is 0 Å². The Balaban J connectivity index is 1.56. The van der Waals surface area contributed by atoms with Crippen LogP contribution in [0.2, 0.25) is 0 Å². The lowest BCUT2D eigenvalue weighted by Gasteiger charge is -2.22. The molecule has 2 rings (SSSR count). The summed E-state index contributed by atoms with van der Waals surface area (Å²) in [5.74, 6) is 0.740. The van der Waals surface area contributed by atoms with Crippen LogP contribution in [-0.4, -0.2) is 25.5 Å². The van der Waals surface area contributed by atoms with Crippen molar-refractivity contribution in [2.24, 2.45) is 5.92 Å². The molecule has 0 saturated carbocycles. The lowest BCUT2D eigenvalue weighted by molar-refractivity contribution is -0.122. The zero-order valence-electron chi connectivity index (χ0n) is 11.5. The molecule has 0 bridgehead atoms. The molecule has 1 unspecified atom stereocenters. The van der Waals surface area contributed by atoms with Crippen molar-refractivity contribution in [2.45, 2.75) is 32.1 Å². The summed E-state index contributed by atoms with van der Waals surface area (Å²) < 4.78 is 0. The number of piperidine rings is 1. The highest BCUT2D eigenvalue weighted by atomic mass is 16.1. The molecule has 3 nitrogen and oxygen atoms in total. The molecule has 1 saturated heterocycles. The maximum Gasteiger partial charge on any atom is 0.220 e. The molecule has 1 amide bonds. The minimum absolute atomic E-state index is 0.210. The average molecular weight is 260 g/mol. The molecule has 1 aliphatic heterocycles. The number of rotatable bonds is 6. The second kappa shape index (κ2) is 7.95. The summed E-state index contributed by atoms with van der Waals surface area (Å²) in [6.45, 7) is 2.89. The van der Waals surface area contributed by atoms with E-state index in [-0.39, 0.29) is 5.91 Å². The topological polar surface area (TPSA) is 41.1 Å². The Bertz CT molecular complexity index is 372. The fourth-order valence-electron chi connectivity index (χ4n) is 2.60. The van der Waals surface area contributed by atoms with Crippen LogP contribution in [0.5, 0.6) is 0 Å². The van der Waals surface area contributed by atoms with Gasteiger partial charge in [-0.05, 0) is 50.3 Å². The summed E-state index contributed by atoms with van der Waals surface area (Å²) in [6, 6.07) is 10.4. The lowest BCUT2D eigenvalue weighted by Crippen LogP contribution is -2.34. The number of carbonyl (C=O) groups is 1. The van der Waals surface area contributed by atoms with E-state index in [2.05, 4.69) is 34.9 Å². The Morgan fingerprint density at radius 3 is 2.89 bits per heavy atom. The fraction of sp³-hybridized carbons (Fsp3) is 0.562. The van der Waals surface area contributed by atoms with Crippen LogP contribution in [0.1, 0.15) is 31.2 Å². The van der Waals surface area contributed by atoms with Gasteiger partial charge in [0.25, 0.3) is 0 Å². The number of nitrogens with one attached hydrogen (secondary N) is 2. The van der Waals surface area contributed by atoms with Crippen LogP contribution in [0, 0.1) is 5.92 Å². The van der Waals surface area contributed by atoms with Gasteiger partial charge in [0.05, 0.1) is 0 Å². The number of benzene rings is 1. The monoisotopic (exact) mass is 260 g/mol.